The van der Waals surface area contributed by atoms with E-state index < -0.39 is 0 Å². The first kappa shape index (κ1) is 12.6. The third kappa shape index (κ3) is 3.08. The quantitative estimate of drug-likeness (QED) is 0.872. The van der Waals surface area contributed by atoms with Crippen LogP contribution in [0.3, 0.4) is 0 Å². The van der Waals surface area contributed by atoms with Crippen molar-refractivity contribution < 1.29 is 0 Å². The SMILES string of the molecule is CCNCc1ccnc(N(C)c2ccccc2)c1. The fraction of sp³-hybridized carbons (Fsp3) is 0.267. The number of nitrogens with one attached hydrogen (secondary N) is 1. The summed E-state index contributed by atoms with van der Waals surface area (Å²) in [6.45, 7) is 3.97. The molecule has 0 aliphatic heterocycles. The first-order valence-electron chi connectivity index (χ1n) is 6.25. The standard InChI is InChI=1S/C15H19N3/c1-3-16-12-13-9-10-17-15(11-13)18(2)14-7-5-4-6-8-14/h4-11,16H,3,12H2,1-2H3. The topological polar surface area (TPSA) is 28.2 Å². The summed E-state index contributed by atoms with van der Waals surface area (Å²) < 4.78 is 0. The van der Waals surface area contributed by atoms with E-state index in [2.05, 4.69) is 40.3 Å². The van der Waals surface area contributed by atoms with E-state index in [9.17, 15) is 0 Å². The van der Waals surface area contributed by atoms with Crippen molar-refractivity contribution in [1.29, 1.82) is 0 Å². The first-order valence-corrected chi connectivity index (χ1v) is 6.25. The van der Waals surface area contributed by atoms with Crippen molar-refractivity contribution in [1.82, 2.24) is 10.3 Å². The summed E-state index contributed by atoms with van der Waals surface area (Å²) in [5.41, 5.74) is 2.40. The minimum atomic E-state index is 0.884. The van der Waals surface area contributed by atoms with Crippen molar-refractivity contribution >= 4 is 11.5 Å². The van der Waals surface area contributed by atoms with Gasteiger partial charge in [0.05, 0.1) is 0 Å². The van der Waals surface area contributed by atoms with Crippen LogP contribution in [-0.4, -0.2) is 18.6 Å². The van der Waals surface area contributed by atoms with E-state index in [-0.39, 0.29) is 0 Å². The maximum atomic E-state index is 4.42. The van der Waals surface area contributed by atoms with Crippen LogP contribution < -0.4 is 10.2 Å². The molecule has 3 heteroatoms. The molecule has 1 aromatic heterocycles. The number of rotatable bonds is 5. The Balaban J connectivity index is 2.17. The fourth-order valence-electron chi connectivity index (χ4n) is 1.81. The second-order valence-corrected chi connectivity index (χ2v) is 4.20. The number of para-hydroxylation sites is 1. The van der Waals surface area contributed by atoms with Gasteiger partial charge in [-0.1, -0.05) is 25.1 Å². The van der Waals surface area contributed by atoms with Crippen LogP contribution in [0.2, 0.25) is 0 Å². The Morgan fingerprint density at radius 3 is 2.67 bits per heavy atom. The van der Waals surface area contributed by atoms with Crippen LogP contribution in [0.15, 0.2) is 48.7 Å². The van der Waals surface area contributed by atoms with E-state index in [0.29, 0.717) is 0 Å². The van der Waals surface area contributed by atoms with Gasteiger partial charge in [-0.25, -0.2) is 4.98 Å². The highest BCUT2D eigenvalue weighted by Gasteiger charge is 2.05. The molecular weight excluding hydrogens is 222 g/mol. The van der Waals surface area contributed by atoms with Gasteiger partial charge < -0.3 is 10.2 Å². The highest BCUT2D eigenvalue weighted by atomic mass is 15.2. The molecule has 0 aliphatic rings. The summed E-state index contributed by atoms with van der Waals surface area (Å²) in [4.78, 5) is 6.51. The van der Waals surface area contributed by atoms with Crippen molar-refractivity contribution in [3.8, 4) is 0 Å². The monoisotopic (exact) mass is 241 g/mol. The molecule has 1 heterocycles. The molecule has 3 nitrogen and oxygen atoms in total. The number of aromatic nitrogens is 1. The van der Waals surface area contributed by atoms with E-state index in [4.69, 9.17) is 0 Å². The highest BCUT2D eigenvalue weighted by Crippen LogP contribution is 2.21. The molecule has 2 aromatic rings. The molecule has 0 radical (unpaired) electrons. The highest BCUT2D eigenvalue weighted by molar-refractivity contribution is 5.59. The van der Waals surface area contributed by atoms with Gasteiger partial charge in [0.1, 0.15) is 5.82 Å². The van der Waals surface area contributed by atoms with E-state index in [1.54, 1.807) is 0 Å². The average Bonchev–Trinajstić information content (AvgIpc) is 2.45. The first-order chi connectivity index (χ1) is 8.81. The Morgan fingerprint density at radius 1 is 1.17 bits per heavy atom. The molecule has 0 saturated heterocycles. The summed E-state index contributed by atoms with van der Waals surface area (Å²) >= 11 is 0. The van der Waals surface area contributed by atoms with E-state index >= 15 is 0 Å². The normalized spacial score (nSPS) is 10.3. The molecule has 0 unspecified atom stereocenters. The summed E-state index contributed by atoms with van der Waals surface area (Å²) in [6, 6.07) is 14.4. The molecule has 18 heavy (non-hydrogen) atoms. The second-order valence-electron chi connectivity index (χ2n) is 4.20. The molecule has 0 fully saturated rings. The molecule has 0 spiro atoms. The van der Waals surface area contributed by atoms with Gasteiger partial charge in [-0.3, -0.25) is 0 Å². The Kier molecular flexibility index (Phi) is 4.31. The van der Waals surface area contributed by atoms with Gasteiger partial charge in [0.15, 0.2) is 0 Å². The van der Waals surface area contributed by atoms with Gasteiger partial charge >= 0.3 is 0 Å². The number of anilines is 2. The lowest BCUT2D eigenvalue weighted by atomic mass is 10.2. The smallest absolute Gasteiger partial charge is 0.132 e. The van der Waals surface area contributed by atoms with Gasteiger partial charge in [-0.05, 0) is 36.4 Å². The molecule has 1 N–H and O–H groups in total. The number of nitrogens with zero attached hydrogens (tertiary/aromatic N) is 2. The fourth-order valence-corrected chi connectivity index (χ4v) is 1.81. The third-order valence-corrected chi connectivity index (χ3v) is 2.88. The Labute approximate surface area is 108 Å². The lowest BCUT2D eigenvalue weighted by Crippen LogP contribution is -2.14. The average molecular weight is 241 g/mol. The van der Waals surface area contributed by atoms with Crippen molar-refractivity contribution in [3.05, 3.63) is 54.2 Å². The minimum Gasteiger partial charge on any atom is -0.329 e. The van der Waals surface area contributed by atoms with Gasteiger partial charge in [0.25, 0.3) is 0 Å². The van der Waals surface area contributed by atoms with Crippen LogP contribution >= 0.6 is 0 Å². The zero-order valence-electron chi connectivity index (χ0n) is 10.9. The zero-order chi connectivity index (χ0) is 12.8. The van der Waals surface area contributed by atoms with Crippen LogP contribution in [0.4, 0.5) is 11.5 Å². The maximum Gasteiger partial charge on any atom is 0.132 e. The summed E-state index contributed by atoms with van der Waals surface area (Å²) in [5, 5.41) is 3.32. The summed E-state index contributed by atoms with van der Waals surface area (Å²) in [6.07, 6.45) is 1.86. The van der Waals surface area contributed by atoms with Crippen LogP contribution in [0.25, 0.3) is 0 Å². The Bertz CT molecular complexity index is 482. The Morgan fingerprint density at radius 2 is 1.94 bits per heavy atom. The van der Waals surface area contributed by atoms with Crippen LogP contribution in [0, 0.1) is 0 Å². The number of hydrogen-bond acceptors (Lipinski definition) is 3. The van der Waals surface area contributed by atoms with Crippen molar-refractivity contribution in [3.63, 3.8) is 0 Å². The molecule has 94 valence electrons. The number of benzene rings is 1. The van der Waals surface area contributed by atoms with Crippen molar-refractivity contribution in [2.24, 2.45) is 0 Å². The van der Waals surface area contributed by atoms with Crippen LogP contribution in [0.1, 0.15) is 12.5 Å². The summed E-state index contributed by atoms with van der Waals surface area (Å²) in [7, 11) is 2.04. The second kappa shape index (κ2) is 6.17. The molecule has 0 atom stereocenters. The lowest BCUT2D eigenvalue weighted by Gasteiger charge is -2.18. The maximum absolute atomic E-state index is 4.42. The van der Waals surface area contributed by atoms with E-state index in [1.165, 1.54) is 5.56 Å². The third-order valence-electron chi connectivity index (χ3n) is 2.88. The van der Waals surface area contributed by atoms with Crippen LogP contribution in [0.5, 0.6) is 0 Å². The largest absolute Gasteiger partial charge is 0.329 e. The molecule has 0 aliphatic carbocycles. The molecule has 2 rings (SSSR count). The molecule has 0 bridgehead atoms. The molecular formula is C15H19N3. The predicted octanol–water partition coefficient (Wildman–Crippen LogP) is 2.96. The van der Waals surface area contributed by atoms with E-state index in [0.717, 1.165) is 24.6 Å². The minimum absolute atomic E-state index is 0.884. The van der Waals surface area contributed by atoms with Crippen LogP contribution in [-0.2, 0) is 6.54 Å². The van der Waals surface area contributed by atoms with Gasteiger partial charge in [0.2, 0.25) is 0 Å². The predicted molar refractivity (Wildman–Crippen MR) is 76.1 cm³/mol. The summed E-state index contributed by atoms with van der Waals surface area (Å²) in [5.74, 6) is 0.969. The molecule has 1 aromatic carbocycles. The number of pyridine rings is 1. The number of hydrogen-bond donors (Lipinski definition) is 1. The molecule has 0 saturated carbocycles. The molecule has 0 amide bonds. The van der Waals surface area contributed by atoms with Crippen molar-refractivity contribution in [2.75, 3.05) is 18.5 Å². The van der Waals surface area contributed by atoms with Gasteiger partial charge in [0, 0.05) is 25.5 Å². The zero-order valence-corrected chi connectivity index (χ0v) is 10.9. The Hall–Kier alpha value is -1.87. The van der Waals surface area contributed by atoms with E-state index in [1.807, 2.05) is 37.5 Å². The van der Waals surface area contributed by atoms with Crippen molar-refractivity contribution in [2.45, 2.75) is 13.5 Å². The van der Waals surface area contributed by atoms with Gasteiger partial charge in [-0.15, -0.1) is 0 Å². The lowest BCUT2D eigenvalue weighted by molar-refractivity contribution is 0.726. The van der Waals surface area contributed by atoms with Gasteiger partial charge in [-0.2, -0.15) is 0 Å².